The van der Waals surface area contributed by atoms with Crippen LogP contribution < -0.4 is 5.56 Å². The predicted molar refractivity (Wildman–Crippen MR) is 57.9 cm³/mol. The molecule has 1 saturated carbocycles. The molecule has 1 aromatic carbocycles. The topological polar surface area (TPSA) is 30.0 Å². The maximum absolute atomic E-state index is 11.6. The number of benzene rings is 1. The third kappa shape index (κ3) is 1.24. The maximum Gasteiger partial charge on any atom is 0.279 e. The van der Waals surface area contributed by atoms with Crippen molar-refractivity contribution in [1.82, 2.24) is 4.98 Å². The van der Waals surface area contributed by atoms with E-state index in [9.17, 15) is 4.79 Å². The Labute approximate surface area is 85.2 Å². The quantitative estimate of drug-likeness (QED) is 0.713. The fraction of sp³-hybridized carbons (Fsp3) is 0.273. The van der Waals surface area contributed by atoms with Gasteiger partial charge in [0.2, 0.25) is 0 Å². The van der Waals surface area contributed by atoms with Gasteiger partial charge in [0, 0.05) is 10.6 Å². The van der Waals surface area contributed by atoms with E-state index in [4.69, 9.17) is 0 Å². The Bertz CT molecular complexity index is 542. The lowest BCUT2D eigenvalue weighted by Gasteiger charge is -1.97. The molecule has 1 fully saturated rings. The first-order valence-corrected chi connectivity index (χ1v) is 5.56. The van der Waals surface area contributed by atoms with E-state index in [1.807, 2.05) is 24.3 Å². The van der Waals surface area contributed by atoms with Crippen molar-refractivity contribution >= 4 is 21.4 Å². The van der Waals surface area contributed by atoms with Gasteiger partial charge in [0.15, 0.2) is 0 Å². The molecule has 0 amide bonds. The lowest BCUT2D eigenvalue weighted by molar-refractivity contribution is 1.05. The molecule has 1 heterocycles. The molecule has 0 saturated heterocycles. The van der Waals surface area contributed by atoms with Crippen LogP contribution >= 0.6 is 11.3 Å². The van der Waals surface area contributed by atoms with Crippen molar-refractivity contribution in [3.63, 3.8) is 0 Å². The molecule has 0 bridgehead atoms. The van der Waals surface area contributed by atoms with E-state index in [0.29, 0.717) is 5.92 Å². The molecule has 14 heavy (non-hydrogen) atoms. The van der Waals surface area contributed by atoms with E-state index in [-0.39, 0.29) is 5.56 Å². The number of hydrogen-bond acceptors (Lipinski definition) is 3. The van der Waals surface area contributed by atoms with E-state index in [1.54, 1.807) is 11.3 Å². The average Bonchev–Trinajstić information content (AvgIpc) is 3.01. The summed E-state index contributed by atoms with van der Waals surface area (Å²) in [4.78, 5) is 15.8. The van der Waals surface area contributed by atoms with Gasteiger partial charge in [0.25, 0.3) is 5.56 Å². The van der Waals surface area contributed by atoms with Gasteiger partial charge in [-0.25, -0.2) is 4.98 Å². The van der Waals surface area contributed by atoms with Crippen LogP contribution in [0.15, 0.2) is 29.1 Å². The second-order valence-electron chi connectivity index (χ2n) is 3.63. The molecule has 1 aliphatic carbocycles. The van der Waals surface area contributed by atoms with Crippen LogP contribution in [-0.4, -0.2) is 4.98 Å². The zero-order chi connectivity index (χ0) is 9.54. The molecular formula is C11H9NOS. The van der Waals surface area contributed by atoms with Crippen molar-refractivity contribution in [3.05, 3.63) is 39.6 Å². The summed E-state index contributed by atoms with van der Waals surface area (Å²) in [5.41, 5.74) is -0.0683. The molecule has 0 spiro atoms. The minimum Gasteiger partial charge on any atom is -0.267 e. The normalized spacial score (nSPS) is 16.0. The van der Waals surface area contributed by atoms with Gasteiger partial charge in [-0.05, 0) is 25.0 Å². The molecular weight excluding hydrogens is 194 g/mol. The lowest BCUT2D eigenvalue weighted by Crippen LogP contribution is -2.06. The Hall–Kier alpha value is -1.22. The highest BCUT2D eigenvalue weighted by Crippen LogP contribution is 2.41. The van der Waals surface area contributed by atoms with Crippen LogP contribution in [0.25, 0.3) is 10.1 Å². The van der Waals surface area contributed by atoms with E-state index < -0.39 is 0 Å². The highest BCUT2D eigenvalue weighted by Gasteiger charge is 2.26. The van der Waals surface area contributed by atoms with Crippen molar-refractivity contribution in [2.24, 2.45) is 0 Å². The van der Waals surface area contributed by atoms with Crippen LogP contribution in [0.4, 0.5) is 0 Å². The molecule has 3 heteroatoms. The number of nitrogens with zero attached hydrogens (tertiary/aromatic N) is 1. The van der Waals surface area contributed by atoms with E-state index in [0.717, 1.165) is 15.1 Å². The average molecular weight is 203 g/mol. The van der Waals surface area contributed by atoms with Crippen molar-refractivity contribution in [1.29, 1.82) is 0 Å². The van der Waals surface area contributed by atoms with Crippen LogP contribution in [0, 0.1) is 0 Å². The van der Waals surface area contributed by atoms with Crippen LogP contribution in [0.2, 0.25) is 0 Å². The maximum atomic E-state index is 11.6. The third-order valence-corrected chi connectivity index (χ3v) is 3.68. The van der Waals surface area contributed by atoms with Gasteiger partial charge in [-0.15, -0.1) is 11.3 Å². The molecule has 0 aliphatic heterocycles. The smallest absolute Gasteiger partial charge is 0.267 e. The number of aromatic nitrogens is 1. The molecule has 2 aromatic rings. The summed E-state index contributed by atoms with van der Waals surface area (Å²) in [6.07, 6.45) is 2.39. The van der Waals surface area contributed by atoms with Gasteiger partial charge in [0.05, 0.1) is 5.39 Å². The van der Waals surface area contributed by atoms with Gasteiger partial charge in [-0.2, -0.15) is 0 Å². The molecule has 70 valence electrons. The van der Waals surface area contributed by atoms with Gasteiger partial charge < -0.3 is 0 Å². The minimum atomic E-state index is -0.0683. The molecule has 2 nitrogen and oxygen atoms in total. The van der Waals surface area contributed by atoms with Gasteiger partial charge in [-0.3, -0.25) is 4.79 Å². The van der Waals surface area contributed by atoms with E-state index in [2.05, 4.69) is 4.98 Å². The van der Waals surface area contributed by atoms with Gasteiger partial charge >= 0.3 is 0 Å². The molecule has 1 aliphatic rings. The molecule has 3 rings (SSSR count). The van der Waals surface area contributed by atoms with Gasteiger partial charge in [0.1, 0.15) is 5.01 Å². The molecule has 0 unspecified atom stereocenters. The van der Waals surface area contributed by atoms with Crippen LogP contribution in [-0.2, 0) is 0 Å². The van der Waals surface area contributed by atoms with E-state index in [1.165, 1.54) is 12.8 Å². The fourth-order valence-corrected chi connectivity index (χ4v) is 2.70. The number of rotatable bonds is 1. The summed E-state index contributed by atoms with van der Waals surface area (Å²) in [5.74, 6) is 0.567. The number of hydrogen-bond donors (Lipinski definition) is 0. The predicted octanol–water partition coefficient (Wildman–Crippen LogP) is 2.53. The van der Waals surface area contributed by atoms with Crippen LogP contribution in [0.3, 0.4) is 0 Å². The van der Waals surface area contributed by atoms with Crippen LogP contribution in [0.5, 0.6) is 0 Å². The summed E-state index contributed by atoms with van der Waals surface area (Å²) < 4.78 is 1.06. The summed E-state index contributed by atoms with van der Waals surface area (Å²) in [7, 11) is 0. The molecule has 1 aromatic heterocycles. The van der Waals surface area contributed by atoms with Crippen molar-refractivity contribution in [3.8, 4) is 0 Å². The molecule has 0 N–H and O–H groups in total. The highest BCUT2D eigenvalue weighted by atomic mass is 32.1. The monoisotopic (exact) mass is 203 g/mol. The summed E-state index contributed by atoms with van der Waals surface area (Å²) >= 11 is 1.66. The Morgan fingerprint density at radius 1 is 1.29 bits per heavy atom. The second kappa shape index (κ2) is 2.89. The SMILES string of the molecule is O=c1nc(C2CC2)sc2ccccc12. The summed E-state index contributed by atoms with van der Waals surface area (Å²) in [6.45, 7) is 0. The Morgan fingerprint density at radius 2 is 2.07 bits per heavy atom. The van der Waals surface area contributed by atoms with E-state index >= 15 is 0 Å². The second-order valence-corrected chi connectivity index (χ2v) is 4.69. The Morgan fingerprint density at radius 3 is 2.86 bits per heavy atom. The zero-order valence-electron chi connectivity index (χ0n) is 7.56. The summed E-state index contributed by atoms with van der Waals surface area (Å²) in [5, 5.41) is 1.77. The largest absolute Gasteiger partial charge is 0.279 e. The lowest BCUT2D eigenvalue weighted by atomic mass is 10.3. The molecule has 0 radical (unpaired) electrons. The zero-order valence-corrected chi connectivity index (χ0v) is 8.38. The first kappa shape index (κ1) is 8.12. The van der Waals surface area contributed by atoms with Crippen molar-refractivity contribution < 1.29 is 0 Å². The minimum absolute atomic E-state index is 0.0683. The Kier molecular flexibility index (Phi) is 1.67. The third-order valence-electron chi connectivity index (χ3n) is 2.47. The first-order chi connectivity index (χ1) is 6.84. The number of fused-ring (bicyclic) bond motifs is 1. The highest BCUT2D eigenvalue weighted by molar-refractivity contribution is 7.18. The first-order valence-electron chi connectivity index (χ1n) is 4.74. The van der Waals surface area contributed by atoms with Crippen molar-refractivity contribution in [2.75, 3.05) is 0 Å². The standard InChI is InChI=1S/C11H9NOS/c13-10-8-3-1-2-4-9(8)14-11(12-10)7-5-6-7/h1-4,7H,5-6H2. The van der Waals surface area contributed by atoms with Gasteiger partial charge in [-0.1, -0.05) is 12.1 Å². The van der Waals surface area contributed by atoms with Crippen LogP contribution in [0.1, 0.15) is 23.8 Å². The van der Waals surface area contributed by atoms with Crippen molar-refractivity contribution in [2.45, 2.75) is 18.8 Å². The Balaban J connectivity index is 2.33. The fourth-order valence-electron chi connectivity index (χ4n) is 1.53. The summed E-state index contributed by atoms with van der Waals surface area (Å²) in [6, 6.07) is 7.69. The molecule has 0 atom stereocenters.